The van der Waals surface area contributed by atoms with Gasteiger partial charge in [0.1, 0.15) is 6.17 Å². The van der Waals surface area contributed by atoms with Crippen molar-refractivity contribution in [2.45, 2.75) is 25.7 Å². The molecule has 0 fully saturated rings. The van der Waals surface area contributed by atoms with Gasteiger partial charge in [0.2, 0.25) is 0 Å². The molecule has 0 atom stereocenters. The van der Waals surface area contributed by atoms with Crippen molar-refractivity contribution in [3.8, 4) is 0 Å². The third-order valence-corrected chi connectivity index (χ3v) is 2.20. The summed E-state index contributed by atoms with van der Waals surface area (Å²) >= 11 is 0. The molecule has 16 heavy (non-hydrogen) atoms. The highest BCUT2D eigenvalue weighted by molar-refractivity contribution is 4.79. The Kier molecular flexibility index (Phi) is 9.80. The van der Waals surface area contributed by atoms with Crippen molar-refractivity contribution in [2.24, 2.45) is 0 Å². The molecule has 0 aromatic rings. The van der Waals surface area contributed by atoms with Gasteiger partial charge in [-0.1, -0.05) is 26.2 Å². The molecule has 0 aromatic carbocycles. The molecule has 2 radical (unpaired) electrons. The van der Waals surface area contributed by atoms with E-state index in [9.17, 15) is 0 Å². The van der Waals surface area contributed by atoms with Crippen LogP contribution in [-0.4, -0.2) is 38.4 Å². The van der Waals surface area contributed by atoms with Gasteiger partial charge in [0.05, 0.1) is 0 Å². The average molecular weight is 230 g/mol. The van der Waals surface area contributed by atoms with Crippen LogP contribution in [0.5, 0.6) is 0 Å². The highest BCUT2D eigenvalue weighted by Gasteiger charge is 2.12. The van der Waals surface area contributed by atoms with Crippen LogP contribution in [0.15, 0.2) is 0 Å². The molecule has 0 unspecified atom stereocenters. The highest BCUT2D eigenvalue weighted by Crippen LogP contribution is 2.06. The lowest BCUT2D eigenvalue weighted by molar-refractivity contribution is 0.104. The fourth-order valence-corrected chi connectivity index (χ4v) is 1.13. The Labute approximate surface area is 99.6 Å². The average Bonchev–Trinajstić information content (AvgIpc) is 2.28. The predicted octanol–water partition coefficient (Wildman–Crippen LogP) is 0.0120. The minimum atomic E-state index is 0.966. The number of hydrazine groups is 4. The van der Waals surface area contributed by atoms with Crippen molar-refractivity contribution >= 4 is 0 Å². The Morgan fingerprint density at radius 2 is 1.50 bits per heavy atom. The van der Waals surface area contributed by atoms with E-state index in [1.54, 1.807) is 10.2 Å². The monoisotopic (exact) mass is 230 g/mol. The Bertz CT molecular complexity index is 142. The molecule has 0 aliphatic carbocycles. The molecule has 4 N–H and O–H groups in total. The van der Waals surface area contributed by atoms with E-state index in [-0.39, 0.29) is 0 Å². The normalized spacial score (nSPS) is 12.0. The van der Waals surface area contributed by atoms with Crippen LogP contribution in [0.3, 0.4) is 0 Å². The van der Waals surface area contributed by atoms with E-state index in [0.29, 0.717) is 0 Å². The topological polar surface area (TPSA) is 54.6 Å². The van der Waals surface area contributed by atoms with Crippen molar-refractivity contribution in [3.63, 3.8) is 0 Å². The van der Waals surface area contributed by atoms with Crippen LogP contribution < -0.4 is 21.7 Å². The molecule has 0 rings (SSSR count). The molecule has 0 bridgehead atoms. The molecule has 0 amide bonds. The van der Waals surface area contributed by atoms with Crippen LogP contribution in [-0.2, 0) is 0 Å². The summed E-state index contributed by atoms with van der Waals surface area (Å²) in [6.07, 6.45) is 5.25. The number of hydrogen-bond acceptors (Lipinski definition) is 6. The summed E-state index contributed by atoms with van der Waals surface area (Å²) in [5.41, 5.74) is 12.4. The minimum Gasteiger partial charge on any atom is -0.245 e. The summed E-state index contributed by atoms with van der Waals surface area (Å²) in [6.45, 7) is 3.84. The summed E-state index contributed by atoms with van der Waals surface area (Å²) < 4.78 is 0. The van der Waals surface area contributed by atoms with Crippen LogP contribution in [0.1, 0.15) is 25.7 Å². The van der Waals surface area contributed by atoms with Gasteiger partial charge in [-0.05, 0) is 6.42 Å². The van der Waals surface area contributed by atoms with E-state index in [1.165, 1.54) is 0 Å². The molecule has 0 aliphatic heterocycles. The zero-order valence-electron chi connectivity index (χ0n) is 10.9. The van der Waals surface area contributed by atoms with Crippen molar-refractivity contribution in [3.05, 3.63) is 13.1 Å². The minimum absolute atomic E-state index is 0.966. The summed E-state index contributed by atoms with van der Waals surface area (Å²) in [5.74, 6) is 0. The second kappa shape index (κ2) is 9.95. The Morgan fingerprint density at radius 1 is 1.00 bits per heavy atom. The first-order chi connectivity index (χ1) is 7.63. The Hall–Kier alpha value is -0.240. The Morgan fingerprint density at radius 3 is 1.88 bits per heavy atom. The molecule has 96 valence electrons. The van der Waals surface area contributed by atoms with Gasteiger partial charge in [0.15, 0.2) is 0 Å². The SMILES string of the molecule is [CH2]CCCC[C](NN(C)NC)NN(C)NC. The molecule has 0 saturated heterocycles. The number of rotatable bonds is 10. The number of nitrogens with one attached hydrogen (secondary N) is 4. The molecule has 6 nitrogen and oxygen atoms in total. The first kappa shape index (κ1) is 15.8. The summed E-state index contributed by atoms with van der Waals surface area (Å²) in [4.78, 5) is 0. The van der Waals surface area contributed by atoms with Crippen molar-refractivity contribution in [2.75, 3.05) is 28.2 Å². The lowest BCUT2D eigenvalue weighted by atomic mass is 10.2. The first-order valence-electron chi connectivity index (χ1n) is 5.64. The lowest BCUT2D eigenvalue weighted by Crippen LogP contribution is -2.54. The Balaban J connectivity index is 3.94. The largest absolute Gasteiger partial charge is 0.245 e. The molecule has 0 heterocycles. The molecular weight excluding hydrogens is 204 g/mol. The second-order valence-corrected chi connectivity index (χ2v) is 3.58. The van der Waals surface area contributed by atoms with Crippen molar-refractivity contribution in [1.29, 1.82) is 0 Å². The quantitative estimate of drug-likeness (QED) is 0.313. The molecular formula is C10H26N6. The van der Waals surface area contributed by atoms with E-state index in [2.05, 4.69) is 28.6 Å². The predicted molar refractivity (Wildman–Crippen MR) is 67.0 cm³/mol. The smallest absolute Gasteiger partial charge is 0.131 e. The van der Waals surface area contributed by atoms with Gasteiger partial charge in [-0.25, -0.2) is 21.7 Å². The fourth-order valence-electron chi connectivity index (χ4n) is 1.13. The molecule has 0 aliphatic rings. The van der Waals surface area contributed by atoms with Crippen LogP contribution in [0, 0.1) is 13.1 Å². The summed E-state index contributed by atoms with van der Waals surface area (Å²) in [6, 6.07) is 0. The van der Waals surface area contributed by atoms with Crippen LogP contribution in [0.4, 0.5) is 0 Å². The molecule has 6 heteroatoms. The molecule has 0 saturated carbocycles. The maximum Gasteiger partial charge on any atom is 0.131 e. The maximum atomic E-state index is 3.84. The lowest BCUT2D eigenvalue weighted by Gasteiger charge is -2.28. The van der Waals surface area contributed by atoms with Crippen LogP contribution in [0.2, 0.25) is 0 Å². The fraction of sp³-hybridized carbons (Fsp3) is 0.800. The maximum absolute atomic E-state index is 3.84. The van der Waals surface area contributed by atoms with Gasteiger partial charge in [0, 0.05) is 28.2 Å². The summed E-state index contributed by atoms with van der Waals surface area (Å²) in [7, 11) is 7.57. The van der Waals surface area contributed by atoms with Gasteiger partial charge in [-0.3, -0.25) is 0 Å². The van der Waals surface area contributed by atoms with Crippen molar-refractivity contribution < 1.29 is 0 Å². The zero-order chi connectivity index (χ0) is 12.4. The van der Waals surface area contributed by atoms with Crippen molar-refractivity contribution in [1.82, 2.24) is 31.9 Å². The van der Waals surface area contributed by atoms with E-state index in [0.717, 1.165) is 31.8 Å². The first-order valence-corrected chi connectivity index (χ1v) is 5.64. The van der Waals surface area contributed by atoms with Gasteiger partial charge in [0.25, 0.3) is 0 Å². The van der Waals surface area contributed by atoms with Crippen LogP contribution in [0.25, 0.3) is 0 Å². The number of nitrogens with zero attached hydrogens (tertiary/aromatic N) is 2. The third kappa shape index (κ3) is 7.98. The van der Waals surface area contributed by atoms with E-state index < -0.39 is 0 Å². The van der Waals surface area contributed by atoms with Gasteiger partial charge < -0.3 is 0 Å². The second-order valence-electron chi connectivity index (χ2n) is 3.58. The van der Waals surface area contributed by atoms with Gasteiger partial charge >= 0.3 is 0 Å². The highest BCUT2D eigenvalue weighted by atomic mass is 15.8. The van der Waals surface area contributed by atoms with E-state index >= 15 is 0 Å². The van der Waals surface area contributed by atoms with Gasteiger partial charge in [-0.2, -0.15) is 10.2 Å². The molecule has 0 spiro atoms. The third-order valence-electron chi connectivity index (χ3n) is 2.20. The molecule has 0 aromatic heterocycles. The summed E-state index contributed by atoms with van der Waals surface area (Å²) in [5, 5.41) is 3.60. The van der Waals surface area contributed by atoms with E-state index in [1.807, 2.05) is 28.2 Å². The van der Waals surface area contributed by atoms with Crippen LogP contribution >= 0.6 is 0 Å². The van der Waals surface area contributed by atoms with Gasteiger partial charge in [-0.15, -0.1) is 0 Å². The number of unbranched alkanes of at least 4 members (excludes halogenated alkanes) is 2. The zero-order valence-corrected chi connectivity index (χ0v) is 10.9. The van der Waals surface area contributed by atoms with E-state index in [4.69, 9.17) is 0 Å². The number of hydrogen-bond donors (Lipinski definition) is 4. The standard InChI is InChI=1S/C10H26N6/c1-6-7-8-9-10(13-15(4)11-2)14-16(5)12-3/h11-14H,1,6-9H2,2-5H3.